The highest BCUT2D eigenvalue weighted by atomic mass is 33.1. The molecule has 2 heterocycles. The Morgan fingerprint density at radius 1 is 0.435 bits per heavy atom. The molecule has 2 saturated carbocycles. The fourth-order valence-electron chi connectivity index (χ4n) is 16.9. The Hall–Kier alpha value is -2.76. The summed E-state index contributed by atoms with van der Waals surface area (Å²) in [5, 5.41) is 0. The molecule has 20 atom stereocenters. The van der Waals surface area contributed by atoms with Gasteiger partial charge in [0.05, 0.1) is 0 Å². The van der Waals surface area contributed by atoms with Crippen molar-refractivity contribution in [1.29, 1.82) is 0 Å². The van der Waals surface area contributed by atoms with Crippen molar-refractivity contribution in [2.24, 2.45) is 118 Å². The normalized spacial score (nSPS) is 33.8. The van der Waals surface area contributed by atoms with Gasteiger partial charge in [-0.25, -0.2) is 0 Å². The zero-order valence-corrected chi connectivity index (χ0v) is 64.6. The molecule has 0 bridgehead atoms. The minimum absolute atomic E-state index is 0.383. The van der Waals surface area contributed by atoms with Crippen LogP contribution in [0.3, 0.4) is 0 Å². The third-order valence-corrected chi connectivity index (χ3v) is 28.2. The summed E-state index contributed by atoms with van der Waals surface area (Å²) >= 11 is 0. The molecule has 4 heteroatoms. The van der Waals surface area contributed by atoms with Gasteiger partial charge in [0.15, 0.2) is 0 Å². The summed E-state index contributed by atoms with van der Waals surface area (Å²) < 4.78 is 0. The topological polar surface area (TPSA) is 0 Å². The lowest BCUT2D eigenvalue weighted by molar-refractivity contribution is 0.182. The van der Waals surface area contributed by atoms with Crippen molar-refractivity contribution in [2.75, 3.05) is 23.0 Å². The molecule has 0 aromatic heterocycles. The van der Waals surface area contributed by atoms with E-state index < -0.39 is 0 Å². The first-order chi connectivity index (χ1) is 44.4. The fourth-order valence-corrected chi connectivity index (χ4v) is 23.0. The highest BCUT2D eigenvalue weighted by Crippen LogP contribution is 2.48. The first-order valence-corrected chi connectivity index (χ1v) is 42.1. The molecule has 0 amide bonds. The fraction of sp³-hybridized carbons (Fsp3) is 0.636. The number of fused-ring (bicyclic) bond motifs is 3. The summed E-state index contributed by atoms with van der Waals surface area (Å²) in [6.45, 7) is 59.1. The van der Waals surface area contributed by atoms with Crippen molar-refractivity contribution in [2.45, 2.75) is 212 Å². The van der Waals surface area contributed by atoms with Crippen molar-refractivity contribution >= 4 is 43.2 Å². The van der Waals surface area contributed by atoms with E-state index in [9.17, 15) is 0 Å². The summed E-state index contributed by atoms with van der Waals surface area (Å²) in [5.41, 5.74) is 5.59. The van der Waals surface area contributed by atoms with Crippen LogP contribution in [-0.4, -0.2) is 23.0 Å². The van der Waals surface area contributed by atoms with E-state index in [0.717, 1.165) is 133 Å². The lowest BCUT2D eigenvalue weighted by Crippen LogP contribution is -2.29. The molecule has 8 aliphatic rings. The molecule has 0 radical (unpaired) electrons. The van der Waals surface area contributed by atoms with Gasteiger partial charge in [-0.2, -0.15) is 0 Å². The number of hydrogen-bond acceptors (Lipinski definition) is 4. The highest BCUT2D eigenvalue weighted by molar-refractivity contribution is 8.77. The first kappa shape index (κ1) is 83.5. The Labute approximate surface area is 588 Å². The third-order valence-electron chi connectivity index (χ3n) is 22.9. The lowest BCUT2D eigenvalue weighted by atomic mass is 9.72. The highest BCUT2D eigenvalue weighted by Gasteiger charge is 2.37. The van der Waals surface area contributed by atoms with Gasteiger partial charge in [0.25, 0.3) is 0 Å². The van der Waals surface area contributed by atoms with E-state index in [4.69, 9.17) is 0 Å². The van der Waals surface area contributed by atoms with Gasteiger partial charge < -0.3 is 0 Å². The minimum atomic E-state index is 0.383. The number of allylic oxidation sites excluding steroid dienone is 24. The van der Waals surface area contributed by atoms with E-state index in [0.29, 0.717) is 23.7 Å². The Morgan fingerprint density at radius 2 is 0.891 bits per heavy atom. The second-order valence-electron chi connectivity index (χ2n) is 29.7. The van der Waals surface area contributed by atoms with E-state index in [1.54, 1.807) is 0 Å². The van der Waals surface area contributed by atoms with Crippen LogP contribution in [0.2, 0.25) is 0 Å². The van der Waals surface area contributed by atoms with Crippen molar-refractivity contribution in [3.05, 3.63) is 196 Å². The van der Waals surface area contributed by atoms with Gasteiger partial charge in [0.1, 0.15) is 0 Å². The van der Waals surface area contributed by atoms with E-state index in [1.807, 2.05) is 36.5 Å². The molecule has 20 unspecified atom stereocenters. The van der Waals surface area contributed by atoms with E-state index in [1.165, 1.54) is 135 Å². The molecule has 2 saturated heterocycles. The number of rotatable bonds is 17. The van der Waals surface area contributed by atoms with Crippen LogP contribution in [0.1, 0.15) is 212 Å². The first-order valence-electron chi connectivity index (χ1n) is 37.1. The van der Waals surface area contributed by atoms with Crippen LogP contribution in [0.15, 0.2) is 196 Å². The van der Waals surface area contributed by atoms with Crippen LogP contribution >= 0.6 is 43.2 Å². The second kappa shape index (κ2) is 48.9. The molecule has 0 aromatic rings. The predicted molar refractivity (Wildman–Crippen MR) is 431 cm³/mol. The SMILES string of the molecule is C=C/C=C(/C(C)CC=C)C(CC=C)/C(C)=C/C=C.C=C/C=C1/C(C)CC=CCC1/C(C)=C/C=C.C=CCC(C)C1CC=CCC(C)C1CC=C.CC1CC=CCC2C(C)CC=CCC12.CC1CCCCC2C(C)CCCCC12.CC1CSSCC2C(C)CSSCC12. The monoisotopic (exact) mass is 1320 g/mol. The lowest BCUT2D eigenvalue weighted by Gasteiger charge is -2.33. The maximum Gasteiger partial charge on any atom is 0.00712 e. The van der Waals surface area contributed by atoms with Gasteiger partial charge in [-0.1, -0.05) is 321 Å². The maximum absolute atomic E-state index is 3.92. The molecular weight excluding hydrogens is 1190 g/mol. The molecule has 4 fully saturated rings. The molecule has 6 aliphatic carbocycles. The van der Waals surface area contributed by atoms with E-state index >= 15 is 0 Å². The molecule has 0 aromatic carbocycles. The van der Waals surface area contributed by atoms with Crippen LogP contribution < -0.4 is 0 Å². The molecule has 0 spiro atoms. The average Bonchev–Trinajstić information content (AvgIpc) is 2.04. The van der Waals surface area contributed by atoms with Crippen LogP contribution in [0.4, 0.5) is 0 Å². The molecule has 92 heavy (non-hydrogen) atoms. The van der Waals surface area contributed by atoms with Crippen molar-refractivity contribution in [3.8, 4) is 0 Å². The summed E-state index contributed by atoms with van der Waals surface area (Å²) in [4.78, 5) is 0. The molecule has 0 N–H and O–H groups in total. The smallest absolute Gasteiger partial charge is 0.00712 e. The van der Waals surface area contributed by atoms with Gasteiger partial charge in [-0.05, 0) is 210 Å². The minimum Gasteiger partial charge on any atom is -0.103 e. The van der Waals surface area contributed by atoms with Gasteiger partial charge in [0.2, 0.25) is 0 Å². The van der Waals surface area contributed by atoms with Crippen LogP contribution in [0.25, 0.3) is 0 Å². The summed E-state index contributed by atoms with van der Waals surface area (Å²) in [5.74, 6) is 22.2. The molecule has 0 nitrogen and oxygen atoms in total. The Kier molecular flexibility index (Phi) is 44.3. The molecular formula is C88H140S4. The van der Waals surface area contributed by atoms with Gasteiger partial charge >= 0.3 is 0 Å². The summed E-state index contributed by atoms with van der Waals surface area (Å²) in [7, 11) is 8.43. The zero-order chi connectivity index (χ0) is 67.8. The summed E-state index contributed by atoms with van der Waals surface area (Å²) in [6, 6.07) is 0. The Morgan fingerprint density at radius 3 is 1.38 bits per heavy atom. The van der Waals surface area contributed by atoms with Crippen molar-refractivity contribution < 1.29 is 0 Å². The summed E-state index contributed by atoms with van der Waals surface area (Å²) in [6.07, 6.45) is 69.3. The molecule has 2 aliphatic heterocycles. The molecule has 8 rings (SSSR count). The largest absolute Gasteiger partial charge is 0.103 e. The van der Waals surface area contributed by atoms with Gasteiger partial charge in [-0.3, -0.25) is 0 Å². The zero-order valence-electron chi connectivity index (χ0n) is 61.4. The number of hydrogen-bond donors (Lipinski definition) is 0. The molecule has 516 valence electrons. The van der Waals surface area contributed by atoms with Crippen LogP contribution in [0, 0.1) is 118 Å². The second-order valence-corrected chi connectivity index (χ2v) is 34.8. The van der Waals surface area contributed by atoms with E-state index in [-0.39, 0.29) is 0 Å². The average molecular weight is 1330 g/mol. The standard InChI is InChI=1S/C18H26.C16H26.C16H22.C14H26.C14H22.C10H18S4/c1-7-11-15(5)17(13-9-3)18(14-10-4)16(6)12-8-2;2*1-5-9-13(3)16-12-8-7-11-14(4)15(16)10-6-2;2*1-11-7-3-5-10-14-12(2)8-4-6-9-13(11)14;1-7-3-11-14-6-10-8(2)4-12-13-5-9(7)10/h7-11,14,16-17H,1-4,12-13H2,5-6H3;5-8,13-16H,1-2,9-12H2,3-4H3;5-10,14,16H,1-2,11-12H2,3-4H3;11-14H,3-10H2,1-2H3;3-6,11-14H,7-10H2,1-2H3;7-10H,3-6H2,1-2H3/b15-11+,18-14-;;13-9+,15-10-;;;. The Bertz CT molecular complexity index is 2280. The predicted octanol–water partition coefficient (Wildman–Crippen LogP) is 28.6. The Balaban J connectivity index is 0.000000289. The maximum atomic E-state index is 3.92. The van der Waals surface area contributed by atoms with Crippen molar-refractivity contribution in [3.63, 3.8) is 0 Å². The third kappa shape index (κ3) is 29.1. The van der Waals surface area contributed by atoms with E-state index in [2.05, 4.69) is 264 Å². The van der Waals surface area contributed by atoms with Crippen LogP contribution in [-0.2, 0) is 0 Å². The van der Waals surface area contributed by atoms with Crippen LogP contribution in [0.5, 0.6) is 0 Å². The quantitative estimate of drug-likeness (QED) is 0.0808. The van der Waals surface area contributed by atoms with Crippen molar-refractivity contribution in [1.82, 2.24) is 0 Å². The van der Waals surface area contributed by atoms with Gasteiger partial charge in [0, 0.05) is 34.8 Å². The van der Waals surface area contributed by atoms with Gasteiger partial charge in [-0.15, -0.1) is 26.3 Å².